The Morgan fingerprint density at radius 2 is 1.59 bits per heavy atom. The number of amides is 2. The standard InChI is InChI=1S/C22H29F3N4O4S/c1-20(2,3)32-18(30)29(19(31)33-21(4,5)6)17-27-15-13(34-17)11-12(26)14(23)16(15)28-9-7-22(24,25)8-10-28/h11H,7-10,26H2,1-6H3. The fourth-order valence-corrected chi connectivity index (χ4v) is 4.32. The van der Waals surface area contributed by atoms with Gasteiger partial charge in [0.15, 0.2) is 5.82 Å². The highest BCUT2D eigenvalue weighted by molar-refractivity contribution is 7.22. The molecule has 0 radical (unpaired) electrons. The molecular weight excluding hydrogens is 473 g/mol. The van der Waals surface area contributed by atoms with Crippen LogP contribution in [0.5, 0.6) is 0 Å². The second-order valence-corrected chi connectivity index (χ2v) is 11.1. The molecule has 12 heteroatoms. The van der Waals surface area contributed by atoms with E-state index in [-0.39, 0.29) is 35.1 Å². The van der Waals surface area contributed by atoms with Crippen LogP contribution in [0.15, 0.2) is 6.07 Å². The van der Waals surface area contributed by atoms with Crippen LogP contribution in [0.1, 0.15) is 54.4 Å². The first kappa shape index (κ1) is 25.9. The van der Waals surface area contributed by atoms with E-state index in [0.717, 1.165) is 11.3 Å². The number of thiazole rings is 1. The molecule has 0 spiro atoms. The number of alkyl halides is 2. The summed E-state index contributed by atoms with van der Waals surface area (Å²) in [5.41, 5.74) is 3.87. The average molecular weight is 503 g/mol. The van der Waals surface area contributed by atoms with E-state index in [1.165, 1.54) is 11.0 Å². The van der Waals surface area contributed by atoms with E-state index < -0.39 is 48.0 Å². The minimum atomic E-state index is -2.83. The molecule has 1 fully saturated rings. The van der Waals surface area contributed by atoms with Gasteiger partial charge in [-0.25, -0.2) is 27.7 Å². The number of ether oxygens (including phenoxy) is 2. The monoisotopic (exact) mass is 502 g/mol. The summed E-state index contributed by atoms with van der Waals surface area (Å²) in [4.78, 5) is 32.3. The van der Waals surface area contributed by atoms with Crippen LogP contribution in [-0.2, 0) is 9.47 Å². The van der Waals surface area contributed by atoms with Gasteiger partial charge < -0.3 is 20.1 Å². The highest BCUT2D eigenvalue weighted by Gasteiger charge is 2.38. The highest BCUT2D eigenvalue weighted by Crippen LogP contribution is 2.41. The second kappa shape index (κ2) is 8.79. The lowest BCUT2D eigenvalue weighted by Crippen LogP contribution is -2.43. The van der Waals surface area contributed by atoms with Gasteiger partial charge in [0.1, 0.15) is 22.4 Å². The molecule has 1 aromatic carbocycles. The van der Waals surface area contributed by atoms with Crippen molar-refractivity contribution in [2.75, 3.05) is 28.6 Å². The maximum atomic E-state index is 15.1. The second-order valence-electron chi connectivity index (χ2n) is 10.1. The Labute approximate surface area is 199 Å². The van der Waals surface area contributed by atoms with E-state index in [4.69, 9.17) is 15.2 Å². The summed E-state index contributed by atoms with van der Waals surface area (Å²) < 4.78 is 53.5. The number of piperidine rings is 1. The number of carbonyl (C=O) groups excluding carboxylic acids is 2. The number of nitrogens with zero attached hydrogens (tertiary/aromatic N) is 3. The summed E-state index contributed by atoms with van der Waals surface area (Å²) in [6, 6.07) is 1.33. The third-order valence-corrected chi connectivity index (χ3v) is 5.76. The van der Waals surface area contributed by atoms with Crippen LogP contribution in [0.25, 0.3) is 10.2 Å². The summed E-state index contributed by atoms with van der Waals surface area (Å²) in [5, 5.41) is -0.118. The zero-order valence-electron chi connectivity index (χ0n) is 20.0. The fourth-order valence-electron chi connectivity index (χ4n) is 3.32. The summed E-state index contributed by atoms with van der Waals surface area (Å²) >= 11 is 0.907. The van der Waals surface area contributed by atoms with Gasteiger partial charge in [0.05, 0.1) is 10.4 Å². The van der Waals surface area contributed by atoms with Gasteiger partial charge in [-0.1, -0.05) is 11.3 Å². The third-order valence-electron chi connectivity index (χ3n) is 4.77. The molecule has 0 saturated carbocycles. The molecule has 8 nitrogen and oxygen atoms in total. The van der Waals surface area contributed by atoms with Gasteiger partial charge in [-0.15, -0.1) is 0 Å². The molecule has 1 aliphatic rings. The number of nitrogens with two attached hydrogens (primary N) is 1. The first-order valence-electron chi connectivity index (χ1n) is 10.7. The molecule has 2 aromatic rings. The fraction of sp³-hybridized carbons (Fsp3) is 0.591. The van der Waals surface area contributed by atoms with Crippen molar-refractivity contribution >= 4 is 50.2 Å². The van der Waals surface area contributed by atoms with E-state index in [0.29, 0.717) is 9.60 Å². The molecule has 1 aliphatic heterocycles. The van der Waals surface area contributed by atoms with Crippen LogP contribution in [0.4, 0.5) is 39.3 Å². The number of imide groups is 1. The Kier molecular flexibility index (Phi) is 6.68. The number of carbonyl (C=O) groups is 2. The number of hydrogen-bond acceptors (Lipinski definition) is 8. The molecule has 2 amide bonds. The number of hydrogen-bond donors (Lipinski definition) is 1. The molecule has 2 heterocycles. The first-order valence-corrected chi connectivity index (χ1v) is 11.6. The number of anilines is 3. The predicted octanol–water partition coefficient (Wildman–Crippen LogP) is 5.93. The molecule has 2 N–H and O–H groups in total. The zero-order valence-corrected chi connectivity index (χ0v) is 20.8. The number of nitrogen functional groups attached to an aromatic ring is 1. The van der Waals surface area contributed by atoms with Crippen LogP contribution in [0, 0.1) is 5.82 Å². The highest BCUT2D eigenvalue weighted by atomic mass is 32.1. The minimum Gasteiger partial charge on any atom is -0.443 e. The van der Waals surface area contributed by atoms with Crippen LogP contribution in [0.2, 0.25) is 0 Å². The number of halogens is 3. The number of rotatable bonds is 2. The lowest BCUT2D eigenvalue weighted by molar-refractivity contribution is -0.0221. The van der Waals surface area contributed by atoms with Crippen molar-refractivity contribution in [3.8, 4) is 0 Å². The van der Waals surface area contributed by atoms with Crippen LogP contribution in [0.3, 0.4) is 0 Å². The summed E-state index contributed by atoms with van der Waals surface area (Å²) in [7, 11) is 0. The molecule has 3 rings (SSSR count). The van der Waals surface area contributed by atoms with Crippen LogP contribution in [-0.4, -0.2) is 47.4 Å². The normalized spacial score (nSPS) is 16.4. The summed E-state index contributed by atoms with van der Waals surface area (Å²) in [5.74, 6) is -3.63. The van der Waals surface area contributed by atoms with Gasteiger partial charge >= 0.3 is 12.2 Å². The predicted molar refractivity (Wildman–Crippen MR) is 125 cm³/mol. The lowest BCUT2D eigenvalue weighted by Gasteiger charge is -2.33. The molecule has 1 aromatic heterocycles. The van der Waals surface area contributed by atoms with Gasteiger partial charge in [-0.05, 0) is 47.6 Å². The van der Waals surface area contributed by atoms with Crippen molar-refractivity contribution < 1.29 is 32.2 Å². The number of benzene rings is 1. The molecule has 34 heavy (non-hydrogen) atoms. The molecule has 0 atom stereocenters. The van der Waals surface area contributed by atoms with Crippen LogP contribution < -0.4 is 15.5 Å². The third kappa shape index (κ3) is 5.83. The molecule has 1 saturated heterocycles. The summed E-state index contributed by atoms with van der Waals surface area (Å²) in [6.45, 7) is 9.61. The molecule has 0 aliphatic carbocycles. The Balaban J connectivity index is 2.10. The quantitative estimate of drug-likeness (QED) is 0.508. The van der Waals surface area contributed by atoms with Gasteiger partial charge in [0, 0.05) is 25.9 Å². The minimum absolute atomic E-state index is 0.0404. The Hall–Kier alpha value is -2.76. The summed E-state index contributed by atoms with van der Waals surface area (Å²) in [6.07, 6.45) is -2.93. The van der Waals surface area contributed by atoms with Crippen molar-refractivity contribution in [1.29, 1.82) is 0 Å². The topological polar surface area (TPSA) is 98.0 Å². The Morgan fingerprint density at radius 3 is 2.06 bits per heavy atom. The van der Waals surface area contributed by atoms with Crippen molar-refractivity contribution in [3.05, 3.63) is 11.9 Å². The smallest absolute Gasteiger partial charge is 0.426 e. The van der Waals surface area contributed by atoms with Gasteiger partial charge in [-0.2, -0.15) is 4.90 Å². The van der Waals surface area contributed by atoms with E-state index in [9.17, 15) is 18.4 Å². The molecule has 0 unspecified atom stereocenters. The lowest BCUT2D eigenvalue weighted by atomic mass is 10.1. The SMILES string of the molecule is CC(C)(C)OC(=O)N(C(=O)OC(C)(C)C)c1nc2c(N3CCC(F)(F)CC3)c(F)c(N)cc2s1. The van der Waals surface area contributed by atoms with Crippen molar-refractivity contribution in [1.82, 2.24) is 4.98 Å². The van der Waals surface area contributed by atoms with Gasteiger partial charge in [0.2, 0.25) is 5.13 Å². The largest absolute Gasteiger partial charge is 0.443 e. The van der Waals surface area contributed by atoms with Crippen molar-refractivity contribution in [2.45, 2.75) is 71.5 Å². The zero-order chi connectivity index (χ0) is 25.6. The molecule has 0 bridgehead atoms. The average Bonchev–Trinajstić information content (AvgIpc) is 3.03. The molecular formula is C22H29F3N4O4S. The molecule has 188 valence electrons. The maximum Gasteiger partial charge on any atom is 0.426 e. The van der Waals surface area contributed by atoms with E-state index in [1.807, 2.05) is 0 Å². The van der Waals surface area contributed by atoms with E-state index >= 15 is 4.39 Å². The van der Waals surface area contributed by atoms with Gasteiger partial charge in [0.25, 0.3) is 5.92 Å². The number of fused-ring (bicyclic) bond motifs is 1. The Morgan fingerprint density at radius 1 is 1.09 bits per heavy atom. The Bertz CT molecular complexity index is 1070. The van der Waals surface area contributed by atoms with Crippen molar-refractivity contribution in [3.63, 3.8) is 0 Å². The van der Waals surface area contributed by atoms with E-state index in [2.05, 4.69) is 4.98 Å². The number of aromatic nitrogens is 1. The van der Waals surface area contributed by atoms with Crippen LogP contribution >= 0.6 is 11.3 Å². The first-order chi connectivity index (χ1) is 15.5. The van der Waals surface area contributed by atoms with Gasteiger partial charge in [-0.3, -0.25) is 0 Å². The van der Waals surface area contributed by atoms with E-state index in [1.54, 1.807) is 41.5 Å². The maximum absolute atomic E-state index is 15.1. The van der Waals surface area contributed by atoms with Crippen molar-refractivity contribution in [2.24, 2.45) is 0 Å².